The molecule has 0 fully saturated rings. The molecule has 0 atom stereocenters. The van der Waals surface area contributed by atoms with E-state index in [2.05, 4.69) is 16.8 Å². The van der Waals surface area contributed by atoms with Crippen molar-refractivity contribution in [2.45, 2.75) is 13.5 Å². The normalized spacial score (nSPS) is 10.4. The number of aromatic hydroxyl groups is 1. The maximum absolute atomic E-state index is 14.8. The first-order valence-electron chi connectivity index (χ1n) is 8.17. The molecule has 138 valence electrons. The highest BCUT2D eigenvalue weighted by atomic mass is 19.1. The molecular weight excluding hydrogens is 349 g/mol. The van der Waals surface area contributed by atoms with Gasteiger partial charge in [0.05, 0.1) is 24.9 Å². The van der Waals surface area contributed by atoms with E-state index in [4.69, 9.17) is 4.74 Å². The predicted octanol–water partition coefficient (Wildman–Crippen LogP) is 2.52. The van der Waals surface area contributed by atoms with Gasteiger partial charge in [0.25, 0.3) is 5.56 Å². The van der Waals surface area contributed by atoms with Gasteiger partial charge in [-0.1, -0.05) is 12.0 Å². The van der Waals surface area contributed by atoms with Crippen LogP contribution in [0.25, 0.3) is 11.1 Å². The molecule has 27 heavy (non-hydrogen) atoms. The van der Waals surface area contributed by atoms with Gasteiger partial charge in [-0.2, -0.15) is 0 Å². The Labute approximate surface area is 155 Å². The first-order valence-corrected chi connectivity index (χ1v) is 8.17. The Kier molecular flexibility index (Phi) is 4.99. The van der Waals surface area contributed by atoms with Gasteiger partial charge >= 0.3 is 0 Å². The Morgan fingerprint density at radius 2 is 2.07 bits per heavy atom. The van der Waals surface area contributed by atoms with Crippen molar-refractivity contribution in [2.24, 2.45) is 7.05 Å². The van der Waals surface area contributed by atoms with Crippen LogP contribution in [0.15, 0.2) is 41.3 Å². The van der Waals surface area contributed by atoms with E-state index in [9.17, 15) is 14.3 Å². The van der Waals surface area contributed by atoms with Gasteiger partial charge in [-0.3, -0.25) is 14.5 Å². The minimum atomic E-state index is -0.699. The lowest BCUT2D eigenvalue weighted by Crippen LogP contribution is -2.23. The number of hydrogen-bond donors (Lipinski definition) is 1. The van der Waals surface area contributed by atoms with Crippen LogP contribution in [-0.4, -0.2) is 26.6 Å². The smallest absolute Gasteiger partial charge is 0.279 e. The molecule has 0 aliphatic carbocycles. The molecule has 0 saturated carbocycles. The van der Waals surface area contributed by atoms with E-state index in [0.29, 0.717) is 11.3 Å². The minimum Gasteiger partial charge on any atom is -0.496 e. The van der Waals surface area contributed by atoms with Gasteiger partial charge in [0, 0.05) is 18.8 Å². The summed E-state index contributed by atoms with van der Waals surface area (Å²) >= 11 is 0. The van der Waals surface area contributed by atoms with Crippen molar-refractivity contribution in [3.63, 3.8) is 0 Å². The molecular formula is C20H18FN3O3. The molecule has 0 bridgehead atoms. The Balaban J connectivity index is 2.20. The SMILES string of the molecule is CC#Cc1cc(F)c(-c2c(O)n(C)n(Cc3ccccn3)c2=O)c(OC)c1. The number of hydrogen-bond acceptors (Lipinski definition) is 4. The maximum Gasteiger partial charge on any atom is 0.279 e. The summed E-state index contributed by atoms with van der Waals surface area (Å²) in [6, 6.07) is 8.07. The summed E-state index contributed by atoms with van der Waals surface area (Å²) in [6.45, 7) is 1.77. The largest absolute Gasteiger partial charge is 0.496 e. The van der Waals surface area contributed by atoms with Crippen molar-refractivity contribution < 1.29 is 14.2 Å². The molecule has 0 saturated heterocycles. The molecule has 0 radical (unpaired) electrons. The van der Waals surface area contributed by atoms with Crippen LogP contribution in [0.5, 0.6) is 11.6 Å². The summed E-state index contributed by atoms with van der Waals surface area (Å²) in [5.74, 6) is 4.50. The second-order valence-corrected chi connectivity index (χ2v) is 5.82. The minimum absolute atomic E-state index is 0.1000. The van der Waals surface area contributed by atoms with Crippen molar-refractivity contribution in [3.8, 4) is 34.6 Å². The standard InChI is InChI=1S/C20H18FN3O3/c1-4-7-13-10-15(21)17(16(11-13)27-3)18-19(25)23(2)24(20(18)26)12-14-8-5-6-9-22-14/h5-6,8-11,25H,12H2,1-3H3. The fraction of sp³-hybridized carbons (Fsp3) is 0.200. The van der Waals surface area contributed by atoms with Gasteiger partial charge in [0.2, 0.25) is 5.88 Å². The van der Waals surface area contributed by atoms with Crippen molar-refractivity contribution in [1.29, 1.82) is 0 Å². The fourth-order valence-corrected chi connectivity index (χ4v) is 2.88. The summed E-state index contributed by atoms with van der Waals surface area (Å²) in [7, 11) is 2.89. The zero-order valence-corrected chi connectivity index (χ0v) is 15.2. The predicted molar refractivity (Wildman–Crippen MR) is 99.2 cm³/mol. The Hall–Kier alpha value is -3.53. The van der Waals surface area contributed by atoms with E-state index in [1.807, 2.05) is 0 Å². The van der Waals surface area contributed by atoms with Crippen LogP contribution in [0.4, 0.5) is 4.39 Å². The van der Waals surface area contributed by atoms with Gasteiger partial charge in [-0.05, 0) is 31.2 Å². The lowest BCUT2D eigenvalue weighted by Gasteiger charge is -2.09. The quantitative estimate of drug-likeness (QED) is 0.720. The Bertz CT molecular complexity index is 1110. The lowest BCUT2D eigenvalue weighted by molar-refractivity contribution is 0.388. The molecule has 2 aromatic heterocycles. The van der Waals surface area contributed by atoms with E-state index < -0.39 is 11.4 Å². The Morgan fingerprint density at radius 3 is 2.70 bits per heavy atom. The van der Waals surface area contributed by atoms with Crippen molar-refractivity contribution in [2.75, 3.05) is 7.11 Å². The average molecular weight is 367 g/mol. The highest BCUT2D eigenvalue weighted by Gasteiger charge is 2.25. The summed E-state index contributed by atoms with van der Waals surface area (Å²) < 4.78 is 22.6. The number of pyridine rings is 1. The van der Waals surface area contributed by atoms with Crippen LogP contribution >= 0.6 is 0 Å². The van der Waals surface area contributed by atoms with Gasteiger partial charge in [0.15, 0.2) is 0 Å². The number of benzene rings is 1. The zero-order chi connectivity index (χ0) is 19.6. The molecule has 3 aromatic rings. The first-order chi connectivity index (χ1) is 13.0. The number of nitrogens with zero attached hydrogens (tertiary/aromatic N) is 3. The number of methoxy groups -OCH3 is 1. The van der Waals surface area contributed by atoms with Crippen LogP contribution in [0, 0.1) is 17.7 Å². The molecule has 0 spiro atoms. The Morgan fingerprint density at radius 1 is 1.30 bits per heavy atom. The highest BCUT2D eigenvalue weighted by molar-refractivity contribution is 5.75. The average Bonchev–Trinajstić information content (AvgIpc) is 2.86. The zero-order valence-electron chi connectivity index (χ0n) is 15.2. The van der Waals surface area contributed by atoms with E-state index in [-0.39, 0.29) is 29.3 Å². The molecule has 0 aliphatic heterocycles. The van der Waals surface area contributed by atoms with E-state index in [0.717, 1.165) is 0 Å². The van der Waals surface area contributed by atoms with Crippen molar-refractivity contribution in [3.05, 3.63) is 64.0 Å². The summed E-state index contributed by atoms with van der Waals surface area (Å²) in [5.41, 5.74) is 0.232. The third kappa shape index (κ3) is 3.29. The van der Waals surface area contributed by atoms with Crippen LogP contribution in [0.3, 0.4) is 0 Å². The van der Waals surface area contributed by atoms with E-state index in [1.54, 1.807) is 31.3 Å². The molecule has 1 N–H and O–H groups in total. The molecule has 0 amide bonds. The summed E-state index contributed by atoms with van der Waals surface area (Å²) in [4.78, 5) is 17.1. The van der Waals surface area contributed by atoms with Crippen LogP contribution < -0.4 is 10.3 Å². The molecule has 1 aromatic carbocycles. The second kappa shape index (κ2) is 7.38. The highest BCUT2D eigenvalue weighted by Crippen LogP contribution is 2.36. The number of halogens is 1. The van der Waals surface area contributed by atoms with Crippen LogP contribution in [0.1, 0.15) is 18.2 Å². The van der Waals surface area contributed by atoms with Crippen molar-refractivity contribution in [1.82, 2.24) is 14.3 Å². The van der Waals surface area contributed by atoms with Crippen molar-refractivity contribution >= 4 is 0 Å². The third-order valence-electron chi connectivity index (χ3n) is 4.17. The maximum atomic E-state index is 14.8. The molecule has 0 aliphatic rings. The lowest BCUT2D eigenvalue weighted by atomic mass is 10.0. The first kappa shape index (κ1) is 18.3. The number of ether oxygens (including phenoxy) is 1. The monoisotopic (exact) mass is 367 g/mol. The summed E-state index contributed by atoms with van der Waals surface area (Å²) in [6.07, 6.45) is 1.61. The topological polar surface area (TPSA) is 69.3 Å². The fourth-order valence-electron chi connectivity index (χ4n) is 2.88. The summed E-state index contributed by atoms with van der Waals surface area (Å²) in [5, 5.41) is 10.5. The molecule has 7 heteroatoms. The number of rotatable bonds is 4. The van der Waals surface area contributed by atoms with Crippen LogP contribution in [-0.2, 0) is 13.6 Å². The molecule has 2 heterocycles. The third-order valence-corrected chi connectivity index (χ3v) is 4.17. The van der Waals surface area contributed by atoms with E-state index >= 15 is 0 Å². The van der Waals surface area contributed by atoms with Gasteiger partial charge in [-0.25, -0.2) is 9.07 Å². The second-order valence-electron chi connectivity index (χ2n) is 5.82. The number of aromatic nitrogens is 3. The van der Waals surface area contributed by atoms with Gasteiger partial charge in [0.1, 0.15) is 17.1 Å². The molecule has 6 nitrogen and oxygen atoms in total. The van der Waals surface area contributed by atoms with Gasteiger partial charge in [-0.15, -0.1) is 5.92 Å². The van der Waals surface area contributed by atoms with Crippen LogP contribution in [0.2, 0.25) is 0 Å². The molecule has 3 rings (SSSR count). The van der Waals surface area contributed by atoms with E-state index in [1.165, 1.54) is 35.7 Å². The molecule has 0 unspecified atom stereocenters. The van der Waals surface area contributed by atoms with Gasteiger partial charge < -0.3 is 9.84 Å².